The Morgan fingerprint density at radius 2 is 1.74 bits per heavy atom. The molecule has 0 radical (unpaired) electrons. The first-order valence-electron chi connectivity index (χ1n) is 9.91. The summed E-state index contributed by atoms with van der Waals surface area (Å²) >= 11 is 0. The van der Waals surface area contributed by atoms with Crippen molar-refractivity contribution in [2.75, 3.05) is 5.32 Å². The number of aromatic amines is 1. The number of aromatic nitrogens is 2. The minimum absolute atomic E-state index is 0.000505. The molecule has 0 unspecified atom stereocenters. The molecule has 154 valence electrons. The zero-order valence-electron chi connectivity index (χ0n) is 16.4. The summed E-state index contributed by atoms with van der Waals surface area (Å²) in [5.74, 6) is -0.705. The van der Waals surface area contributed by atoms with E-state index >= 15 is 0 Å². The maximum atomic E-state index is 13.6. The number of ketones is 1. The largest absolute Gasteiger partial charge is 0.469 e. The topological polar surface area (TPSA) is 97.1 Å². The molecule has 2 atom stereocenters. The number of nitrogens with one attached hydrogen (secondary N) is 2. The first-order valence-corrected chi connectivity index (χ1v) is 9.91. The van der Waals surface area contributed by atoms with Crippen LogP contribution >= 0.6 is 0 Å². The van der Waals surface area contributed by atoms with Crippen molar-refractivity contribution in [2.45, 2.75) is 17.9 Å². The smallest absolute Gasteiger partial charge is 0.264 e. The average molecular weight is 413 g/mol. The SMILES string of the molecule is O=C(C[C@@H](c1ccco1)[C@@]1(n2ccc(=O)[nH]2)C(=O)Nc2ccccc21)c1ccccc1. The fraction of sp³-hybridized carbons (Fsp3) is 0.125. The lowest BCUT2D eigenvalue weighted by Crippen LogP contribution is -2.48. The average Bonchev–Trinajstić information content (AvgIpc) is 3.52. The number of Topliss-reactive ketones (excluding diaryl/α,β-unsaturated/α-hetero) is 1. The highest BCUT2D eigenvalue weighted by Crippen LogP contribution is 2.49. The van der Waals surface area contributed by atoms with Gasteiger partial charge in [-0.25, -0.2) is 0 Å². The van der Waals surface area contributed by atoms with Crippen LogP contribution in [0, 0.1) is 0 Å². The third-order valence-electron chi connectivity index (χ3n) is 5.79. The quantitative estimate of drug-likeness (QED) is 0.473. The highest BCUT2D eigenvalue weighted by atomic mass is 16.3. The van der Waals surface area contributed by atoms with Gasteiger partial charge in [0.2, 0.25) is 0 Å². The highest BCUT2D eigenvalue weighted by molar-refractivity contribution is 6.07. The second-order valence-electron chi connectivity index (χ2n) is 7.49. The summed E-state index contributed by atoms with van der Waals surface area (Å²) in [6, 6.07) is 21.0. The van der Waals surface area contributed by atoms with Crippen molar-refractivity contribution in [3.05, 3.63) is 112 Å². The van der Waals surface area contributed by atoms with Gasteiger partial charge in [0.05, 0.1) is 12.2 Å². The van der Waals surface area contributed by atoms with Gasteiger partial charge in [0.15, 0.2) is 11.3 Å². The Morgan fingerprint density at radius 3 is 2.45 bits per heavy atom. The molecule has 7 nitrogen and oxygen atoms in total. The Hall–Kier alpha value is -4.13. The lowest BCUT2D eigenvalue weighted by atomic mass is 9.74. The predicted molar refractivity (Wildman–Crippen MR) is 114 cm³/mol. The molecule has 31 heavy (non-hydrogen) atoms. The number of carbonyl (C=O) groups is 2. The zero-order chi connectivity index (χ0) is 21.4. The number of amides is 1. The van der Waals surface area contributed by atoms with E-state index in [2.05, 4.69) is 10.4 Å². The molecule has 0 spiro atoms. The molecule has 7 heteroatoms. The lowest BCUT2D eigenvalue weighted by molar-refractivity contribution is -0.123. The fourth-order valence-electron chi connectivity index (χ4n) is 4.43. The van der Waals surface area contributed by atoms with Gasteiger partial charge in [-0.2, -0.15) is 0 Å². The highest BCUT2D eigenvalue weighted by Gasteiger charge is 2.56. The van der Waals surface area contributed by atoms with Crippen molar-refractivity contribution in [3.63, 3.8) is 0 Å². The van der Waals surface area contributed by atoms with Crippen molar-refractivity contribution in [1.82, 2.24) is 9.78 Å². The molecule has 2 aromatic carbocycles. The number of furan rings is 1. The molecule has 2 aromatic heterocycles. The van der Waals surface area contributed by atoms with Crippen LogP contribution in [0.5, 0.6) is 0 Å². The Balaban J connectivity index is 1.74. The Kier molecular flexibility index (Phi) is 4.43. The summed E-state index contributed by atoms with van der Waals surface area (Å²) < 4.78 is 7.21. The molecule has 1 aliphatic rings. The maximum absolute atomic E-state index is 13.6. The van der Waals surface area contributed by atoms with Crippen molar-refractivity contribution in [1.29, 1.82) is 0 Å². The molecule has 1 aliphatic heterocycles. The van der Waals surface area contributed by atoms with Crippen molar-refractivity contribution in [3.8, 4) is 0 Å². The molecule has 0 saturated carbocycles. The van der Waals surface area contributed by atoms with E-state index in [9.17, 15) is 14.4 Å². The predicted octanol–water partition coefficient (Wildman–Crippen LogP) is 3.52. The van der Waals surface area contributed by atoms with E-state index in [1.54, 1.807) is 42.5 Å². The number of rotatable bonds is 6. The number of para-hydroxylation sites is 1. The van der Waals surface area contributed by atoms with Crippen LogP contribution in [-0.4, -0.2) is 21.5 Å². The molecule has 2 N–H and O–H groups in total. The monoisotopic (exact) mass is 413 g/mol. The molecule has 0 bridgehead atoms. The third-order valence-corrected chi connectivity index (χ3v) is 5.79. The zero-order valence-corrected chi connectivity index (χ0v) is 16.4. The summed E-state index contributed by atoms with van der Waals surface area (Å²) in [6.07, 6.45) is 3.05. The summed E-state index contributed by atoms with van der Waals surface area (Å²) in [7, 11) is 0. The number of hydrogen-bond acceptors (Lipinski definition) is 4. The summed E-state index contributed by atoms with van der Waals surface area (Å²) in [5, 5.41) is 5.65. The third kappa shape index (κ3) is 2.93. The number of H-pyrrole nitrogens is 1. The molecular weight excluding hydrogens is 394 g/mol. The van der Waals surface area contributed by atoms with Crippen LogP contribution in [0.1, 0.15) is 34.0 Å². The summed E-state index contributed by atoms with van der Waals surface area (Å²) in [5.41, 5.74) is 0.0903. The first-order chi connectivity index (χ1) is 15.1. The number of fused-ring (bicyclic) bond motifs is 1. The van der Waals surface area contributed by atoms with Gasteiger partial charge in [0.25, 0.3) is 11.5 Å². The summed E-state index contributed by atoms with van der Waals surface area (Å²) in [4.78, 5) is 38.9. The molecule has 0 fully saturated rings. The second-order valence-corrected chi connectivity index (χ2v) is 7.49. The van der Waals surface area contributed by atoms with E-state index in [4.69, 9.17) is 4.42 Å². The van der Waals surface area contributed by atoms with Crippen LogP contribution in [0.25, 0.3) is 0 Å². The van der Waals surface area contributed by atoms with Gasteiger partial charge in [-0.05, 0) is 18.2 Å². The van der Waals surface area contributed by atoms with Gasteiger partial charge in [0, 0.05) is 35.5 Å². The van der Waals surface area contributed by atoms with Gasteiger partial charge in [-0.1, -0.05) is 48.5 Å². The Bertz CT molecular complexity index is 1300. The van der Waals surface area contributed by atoms with E-state index in [-0.39, 0.29) is 23.7 Å². The first kappa shape index (κ1) is 18.9. The second kappa shape index (κ2) is 7.28. The molecule has 4 aromatic rings. The number of hydrogen-bond donors (Lipinski definition) is 2. The Morgan fingerprint density at radius 1 is 0.968 bits per heavy atom. The van der Waals surface area contributed by atoms with Crippen LogP contribution in [0.2, 0.25) is 0 Å². The van der Waals surface area contributed by atoms with Gasteiger partial charge >= 0.3 is 0 Å². The van der Waals surface area contributed by atoms with E-state index in [0.29, 0.717) is 22.6 Å². The van der Waals surface area contributed by atoms with Crippen LogP contribution in [-0.2, 0) is 10.3 Å². The van der Waals surface area contributed by atoms with E-state index in [1.807, 2.05) is 24.3 Å². The van der Waals surface area contributed by atoms with Gasteiger partial charge < -0.3 is 9.73 Å². The molecule has 1 amide bonds. The van der Waals surface area contributed by atoms with Crippen LogP contribution in [0.15, 0.2) is 94.5 Å². The van der Waals surface area contributed by atoms with Crippen LogP contribution in [0.3, 0.4) is 0 Å². The molecular formula is C24H19N3O4. The Labute approximate surface area is 177 Å². The van der Waals surface area contributed by atoms with E-state index < -0.39 is 11.5 Å². The van der Waals surface area contributed by atoms with Crippen molar-refractivity contribution in [2.24, 2.45) is 0 Å². The van der Waals surface area contributed by atoms with Crippen LogP contribution < -0.4 is 10.9 Å². The van der Waals surface area contributed by atoms with Gasteiger partial charge in [0.1, 0.15) is 5.76 Å². The fourth-order valence-corrected chi connectivity index (χ4v) is 4.43. The lowest BCUT2D eigenvalue weighted by Gasteiger charge is -2.35. The minimum atomic E-state index is -1.40. The van der Waals surface area contributed by atoms with Crippen LogP contribution in [0.4, 0.5) is 5.69 Å². The normalized spacial score (nSPS) is 18.4. The summed E-state index contributed by atoms with van der Waals surface area (Å²) in [6.45, 7) is 0. The van der Waals surface area contributed by atoms with E-state index in [1.165, 1.54) is 23.2 Å². The number of anilines is 1. The molecule has 3 heterocycles. The number of carbonyl (C=O) groups excluding carboxylic acids is 2. The van der Waals surface area contributed by atoms with E-state index in [0.717, 1.165) is 0 Å². The number of benzene rings is 2. The number of nitrogens with zero attached hydrogens (tertiary/aromatic N) is 1. The van der Waals surface area contributed by atoms with Gasteiger partial charge in [-0.3, -0.25) is 24.2 Å². The molecule has 0 aliphatic carbocycles. The van der Waals surface area contributed by atoms with Crippen molar-refractivity contribution >= 4 is 17.4 Å². The minimum Gasteiger partial charge on any atom is -0.469 e. The standard InChI is InChI=1S/C24H19N3O4/c28-20(16-7-2-1-3-8-16)15-18(21-11-6-14-31-21)24(27-13-12-22(29)26-27)17-9-4-5-10-19(17)25-23(24)30/h1-14,18H,15H2,(H,25,30)(H,26,29)/t18-,24+/m0/s1. The molecule has 0 saturated heterocycles. The van der Waals surface area contributed by atoms with Crippen molar-refractivity contribution < 1.29 is 14.0 Å². The van der Waals surface area contributed by atoms with Gasteiger partial charge in [-0.15, -0.1) is 0 Å². The maximum Gasteiger partial charge on any atom is 0.264 e. The molecule has 5 rings (SSSR count).